The Morgan fingerprint density at radius 1 is 1.33 bits per heavy atom. The third-order valence-corrected chi connectivity index (χ3v) is 3.63. The highest BCUT2D eigenvalue weighted by Gasteiger charge is 2.02. The quantitative estimate of drug-likeness (QED) is 0.876. The van der Waals surface area contributed by atoms with Gasteiger partial charge in [-0.15, -0.1) is 11.3 Å². The fourth-order valence-electron chi connectivity index (χ4n) is 1.53. The van der Waals surface area contributed by atoms with Crippen LogP contribution in [-0.2, 0) is 4.79 Å². The second kappa shape index (κ2) is 5.98. The smallest absolute Gasteiger partial charge is 0.221 e. The van der Waals surface area contributed by atoms with Gasteiger partial charge in [0.05, 0.1) is 0 Å². The van der Waals surface area contributed by atoms with Crippen molar-refractivity contribution in [3.8, 4) is 0 Å². The summed E-state index contributed by atoms with van der Waals surface area (Å²) in [6, 6.07) is 9.85. The maximum absolute atomic E-state index is 11.1. The zero-order chi connectivity index (χ0) is 13.0. The molecule has 92 valence electrons. The van der Waals surface area contributed by atoms with Crippen molar-refractivity contribution in [2.45, 2.75) is 6.92 Å². The van der Waals surface area contributed by atoms with E-state index in [9.17, 15) is 4.79 Å². The summed E-state index contributed by atoms with van der Waals surface area (Å²) in [5.41, 5.74) is 1.80. The van der Waals surface area contributed by atoms with Gasteiger partial charge in [-0.25, -0.2) is 0 Å². The van der Waals surface area contributed by atoms with E-state index < -0.39 is 0 Å². The molecule has 1 aromatic heterocycles. The molecular formula is C14H12BrNOS. The lowest BCUT2D eigenvalue weighted by atomic mass is 10.1. The molecule has 1 N–H and O–H groups in total. The number of halogens is 1. The van der Waals surface area contributed by atoms with Gasteiger partial charge in [-0.1, -0.05) is 28.1 Å². The Bertz CT molecular complexity index is 575. The van der Waals surface area contributed by atoms with E-state index in [-0.39, 0.29) is 5.91 Å². The van der Waals surface area contributed by atoms with E-state index in [0.29, 0.717) is 0 Å². The van der Waals surface area contributed by atoms with Crippen LogP contribution in [0, 0.1) is 0 Å². The molecule has 0 bridgehead atoms. The first-order valence-corrected chi connectivity index (χ1v) is 7.11. The minimum atomic E-state index is -0.0666. The summed E-state index contributed by atoms with van der Waals surface area (Å²) in [5, 5.41) is 4.86. The summed E-state index contributed by atoms with van der Waals surface area (Å²) in [4.78, 5) is 12.3. The molecule has 0 aliphatic heterocycles. The molecule has 2 rings (SSSR count). The van der Waals surface area contributed by atoms with Gasteiger partial charge >= 0.3 is 0 Å². The third kappa shape index (κ3) is 3.55. The van der Waals surface area contributed by atoms with Crippen LogP contribution in [0.3, 0.4) is 0 Å². The van der Waals surface area contributed by atoms with Crippen LogP contribution < -0.4 is 5.32 Å². The van der Waals surface area contributed by atoms with Crippen molar-refractivity contribution < 1.29 is 4.79 Å². The Balaban J connectivity index is 2.30. The van der Waals surface area contributed by atoms with E-state index in [2.05, 4.69) is 27.3 Å². The van der Waals surface area contributed by atoms with Gasteiger partial charge in [-0.2, -0.15) is 0 Å². The molecule has 1 aromatic carbocycles. The van der Waals surface area contributed by atoms with Crippen molar-refractivity contribution in [1.82, 2.24) is 0 Å². The number of hydrogen-bond acceptors (Lipinski definition) is 2. The van der Waals surface area contributed by atoms with Crippen LogP contribution >= 0.6 is 27.3 Å². The lowest BCUT2D eigenvalue weighted by Crippen LogP contribution is -2.06. The number of thiophene rings is 1. The first-order valence-electron chi connectivity index (χ1n) is 5.44. The molecule has 0 atom stereocenters. The first kappa shape index (κ1) is 13.1. The van der Waals surface area contributed by atoms with Crippen molar-refractivity contribution in [2.24, 2.45) is 0 Å². The minimum absolute atomic E-state index is 0.0666. The monoisotopic (exact) mass is 321 g/mol. The number of anilines is 1. The summed E-state index contributed by atoms with van der Waals surface area (Å²) in [5.74, 6) is -0.0666. The predicted molar refractivity (Wildman–Crippen MR) is 81.7 cm³/mol. The predicted octanol–water partition coefficient (Wildman–Crippen LogP) is 4.64. The molecule has 0 saturated heterocycles. The van der Waals surface area contributed by atoms with Gasteiger partial charge in [0.1, 0.15) is 0 Å². The number of nitrogens with one attached hydrogen (secondary N) is 1. The van der Waals surface area contributed by atoms with Crippen molar-refractivity contribution in [3.63, 3.8) is 0 Å². The first-order chi connectivity index (χ1) is 8.65. The third-order valence-electron chi connectivity index (χ3n) is 2.29. The van der Waals surface area contributed by atoms with E-state index in [0.717, 1.165) is 15.7 Å². The average molecular weight is 322 g/mol. The molecular weight excluding hydrogens is 310 g/mol. The molecule has 0 radical (unpaired) electrons. The lowest BCUT2D eigenvalue weighted by Gasteiger charge is -2.07. The summed E-state index contributed by atoms with van der Waals surface area (Å²) in [6.45, 7) is 1.51. The summed E-state index contributed by atoms with van der Waals surface area (Å²) in [7, 11) is 0. The topological polar surface area (TPSA) is 29.1 Å². The molecule has 0 spiro atoms. The van der Waals surface area contributed by atoms with Crippen LogP contribution in [-0.4, -0.2) is 5.91 Å². The van der Waals surface area contributed by atoms with E-state index in [1.807, 2.05) is 41.8 Å². The van der Waals surface area contributed by atoms with Crippen LogP contribution in [0.1, 0.15) is 17.4 Å². The molecule has 4 heteroatoms. The maximum Gasteiger partial charge on any atom is 0.221 e. The molecule has 1 heterocycles. The summed E-state index contributed by atoms with van der Waals surface area (Å²) >= 11 is 5.12. The largest absolute Gasteiger partial charge is 0.326 e. The number of hydrogen-bond donors (Lipinski definition) is 1. The normalized spacial score (nSPS) is 10.8. The Kier molecular flexibility index (Phi) is 4.33. The second-order valence-electron chi connectivity index (χ2n) is 3.76. The number of amides is 1. The zero-order valence-corrected chi connectivity index (χ0v) is 12.2. The van der Waals surface area contributed by atoms with Crippen LogP contribution in [0.4, 0.5) is 5.69 Å². The van der Waals surface area contributed by atoms with Crippen molar-refractivity contribution >= 4 is 51.0 Å². The maximum atomic E-state index is 11.1. The van der Waals surface area contributed by atoms with Gasteiger partial charge in [-0.3, -0.25) is 4.79 Å². The summed E-state index contributed by atoms with van der Waals surface area (Å²) < 4.78 is 0.988. The van der Waals surface area contributed by atoms with E-state index in [4.69, 9.17) is 0 Å². The Labute approximate surface area is 118 Å². The number of carbonyl (C=O) groups excluding carboxylic acids is 1. The number of rotatable bonds is 3. The van der Waals surface area contributed by atoms with Gasteiger partial charge in [0, 0.05) is 22.0 Å². The van der Waals surface area contributed by atoms with Gasteiger partial charge in [0.15, 0.2) is 0 Å². The van der Waals surface area contributed by atoms with E-state index >= 15 is 0 Å². The minimum Gasteiger partial charge on any atom is -0.326 e. The molecule has 2 nitrogen and oxygen atoms in total. The van der Waals surface area contributed by atoms with Gasteiger partial charge in [0.25, 0.3) is 0 Å². The highest BCUT2D eigenvalue weighted by molar-refractivity contribution is 9.10. The summed E-state index contributed by atoms with van der Waals surface area (Å²) in [6.07, 6.45) is 4.04. The van der Waals surface area contributed by atoms with Crippen molar-refractivity contribution in [3.05, 3.63) is 50.6 Å². The Morgan fingerprint density at radius 2 is 2.17 bits per heavy atom. The molecule has 2 aromatic rings. The van der Waals surface area contributed by atoms with Crippen molar-refractivity contribution in [2.75, 3.05) is 5.32 Å². The second-order valence-corrected chi connectivity index (χ2v) is 5.66. The SMILES string of the molecule is CC(=O)Nc1ccc(Br)cc1/C=C/c1cccs1. The standard InChI is InChI=1S/C14H12BrNOS/c1-10(17)16-14-7-5-12(15)9-11(14)4-6-13-3-2-8-18-13/h2-9H,1H3,(H,16,17)/b6-4+. The van der Waals surface area contributed by atoms with Crippen LogP contribution in [0.5, 0.6) is 0 Å². The number of carbonyl (C=O) groups is 1. The zero-order valence-electron chi connectivity index (χ0n) is 9.81. The van der Waals surface area contributed by atoms with E-state index in [1.165, 1.54) is 11.8 Å². The van der Waals surface area contributed by atoms with Gasteiger partial charge in [0.2, 0.25) is 5.91 Å². The van der Waals surface area contributed by atoms with E-state index in [1.54, 1.807) is 11.3 Å². The Hall–Kier alpha value is -1.39. The molecule has 0 aliphatic rings. The highest BCUT2D eigenvalue weighted by atomic mass is 79.9. The fourth-order valence-corrected chi connectivity index (χ4v) is 2.53. The average Bonchev–Trinajstić information content (AvgIpc) is 2.82. The highest BCUT2D eigenvalue weighted by Crippen LogP contribution is 2.24. The van der Waals surface area contributed by atoms with Crippen molar-refractivity contribution in [1.29, 1.82) is 0 Å². The fraction of sp³-hybridized carbons (Fsp3) is 0.0714. The van der Waals surface area contributed by atoms with Crippen LogP contribution in [0.25, 0.3) is 12.2 Å². The lowest BCUT2D eigenvalue weighted by molar-refractivity contribution is -0.114. The molecule has 1 amide bonds. The molecule has 0 saturated carbocycles. The van der Waals surface area contributed by atoms with Crippen LogP contribution in [0.15, 0.2) is 40.2 Å². The number of benzene rings is 1. The molecule has 0 fully saturated rings. The van der Waals surface area contributed by atoms with Gasteiger partial charge in [-0.05, 0) is 41.3 Å². The van der Waals surface area contributed by atoms with Gasteiger partial charge < -0.3 is 5.32 Å². The Morgan fingerprint density at radius 3 is 2.83 bits per heavy atom. The molecule has 0 unspecified atom stereocenters. The molecule has 0 aliphatic carbocycles. The molecule has 18 heavy (non-hydrogen) atoms. The van der Waals surface area contributed by atoms with Crippen LogP contribution in [0.2, 0.25) is 0 Å².